The quantitative estimate of drug-likeness (QED) is 0.0262. The Labute approximate surface area is 427 Å². The predicted octanol–water partition coefficient (Wildman–Crippen LogP) is 19.8. The van der Waals surface area contributed by atoms with Crippen LogP contribution in [0.15, 0.2) is 72.9 Å². The van der Waals surface area contributed by atoms with E-state index in [0.717, 1.165) is 83.5 Å². The highest BCUT2D eigenvalue weighted by molar-refractivity contribution is 5.71. The van der Waals surface area contributed by atoms with E-state index in [4.69, 9.17) is 14.2 Å². The molecule has 0 aliphatic heterocycles. The first-order chi connectivity index (χ1) is 34.0. The van der Waals surface area contributed by atoms with Gasteiger partial charge in [-0.1, -0.05) is 229 Å². The Hall–Kier alpha value is -3.15. The molecule has 6 nitrogen and oxygen atoms in total. The van der Waals surface area contributed by atoms with Crippen LogP contribution in [0.3, 0.4) is 0 Å². The van der Waals surface area contributed by atoms with Crippen LogP contribution in [0.25, 0.3) is 0 Å². The van der Waals surface area contributed by atoms with Crippen molar-refractivity contribution < 1.29 is 28.6 Å². The van der Waals surface area contributed by atoms with Gasteiger partial charge in [0.25, 0.3) is 0 Å². The van der Waals surface area contributed by atoms with Crippen molar-refractivity contribution in [3.8, 4) is 0 Å². The maximum absolute atomic E-state index is 12.9. The van der Waals surface area contributed by atoms with Crippen LogP contribution in [-0.4, -0.2) is 37.2 Å². The van der Waals surface area contributed by atoms with E-state index in [9.17, 15) is 14.4 Å². The van der Waals surface area contributed by atoms with E-state index >= 15 is 0 Å². The molecule has 0 saturated carbocycles. The second-order valence-electron chi connectivity index (χ2n) is 19.5. The SMILES string of the molecule is CCCCC/C=C\C/C=C\C/C=C\CCCCC(=O)OC[C@@H](COC(=O)CCCCCCCCC/C=C\C/C=C\CCCCC)OC(=O)CCCCCCCCCCC/C=C\CCCCCCCC. The van der Waals surface area contributed by atoms with Crippen LogP contribution in [-0.2, 0) is 28.6 Å². The van der Waals surface area contributed by atoms with Gasteiger partial charge >= 0.3 is 17.9 Å². The molecule has 398 valence electrons. The molecule has 1 atom stereocenters. The van der Waals surface area contributed by atoms with E-state index in [0.29, 0.717) is 19.3 Å². The molecule has 0 rings (SSSR count). The van der Waals surface area contributed by atoms with Crippen LogP contribution >= 0.6 is 0 Å². The fourth-order valence-electron chi connectivity index (χ4n) is 8.18. The molecule has 0 aliphatic rings. The first kappa shape index (κ1) is 65.8. The monoisotopic (exact) mass is 963 g/mol. The summed E-state index contributed by atoms with van der Waals surface area (Å²) < 4.78 is 16.8. The van der Waals surface area contributed by atoms with Gasteiger partial charge in [-0.15, -0.1) is 0 Å². The number of hydrogen-bond donors (Lipinski definition) is 0. The number of unbranched alkanes of at least 4 members (excludes halogenated alkanes) is 30. The topological polar surface area (TPSA) is 78.9 Å². The largest absolute Gasteiger partial charge is 0.462 e. The number of allylic oxidation sites excluding steroid dienone is 12. The van der Waals surface area contributed by atoms with Gasteiger partial charge in [-0.05, 0) is 116 Å². The second kappa shape index (κ2) is 57.4. The molecule has 0 fully saturated rings. The highest BCUT2D eigenvalue weighted by Gasteiger charge is 2.19. The lowest BCUT2D eigenvalue weighted by Gasteiger charge is -2.18. The zero-order chi connectivity index (χ0) is 50.0. The number of rotatable bonds is 53. The van der Waals surface area contributed by atoms with Gasteiger partial charge in [0.05, 0.1) is 0 Å². The third kappa shape index (κ3) is 55.6. The normalized spacial score (nSPS) is 12.6. The number of ether oxygens (including phenoxy) is 3. The Kier molecular flexibility index (Phi) is 54.8. The Morgan fingerprint density at radius 1 is 0.290 bits per heavy atom. The third-order valence-electron chi connectivity index (χ3n) is 12.7. The smallest absolute Gasteiger partial charge is 0.306 e. The van der Waals surface area contributed by atoms with Gasteiger partial charge in [0.15, 0.2) is 6.10 Å². The van der Waals surface area contributed by atoms with Crippen molar-refractivity contribution in [3.05, 3.63) is 72.9 Å². The van der Waals surface area contributed by atoms with Crippen molar-refractivity contribution in [2.45, 2.75) is 297 Å². The molecule has 0 aromatic carbocycles. The minimum absolute atomic E-state index is 0.0918. The number of esters is 3. The second-order valence-corrected chi connectivity index (χ2v) is 19.5. The molecule has 0 aromatic heterocycles. The highest BCUT2D eigenvalue weighted by atomic mass is 16.6. The summed E-state index contributed by atoms with van der Waals surface area (Å²) >= 11 is 0. The molecule has 0 N–H and O–H groups in total. The summed E-state index contributed by atoms with van der Waals surface area (Å²) in [4.78, 5) is 38.2. The van der Waals surface area contributed by atoms with E-state index in [-0.39, 0.29) is 31.1 Å². The number of carbonyl (C=O) groups excluding carboxylic acids is 3. The highest BCUT2D eigenvalue weighted by Crippen LogP contribution is 2.15. The van der Waals surface area contributed by atoms with Gasteiger partial charge in [-0.3, -0.25) is 14.4 Å². The van der Waals surface area contributed by atoms with Gasteiger partial charge in [0, 0.05) is 19.3 Å². The lowest BCUT2D eigenvalue weighted by molar-refractivity contribution is -0.167. The Balaban J connectivity index is 4.43. The molecular weight excluding hydrogens is 853 g/mol. The Morgan fingerprint density at radius 3 is 0.884 bits per heavy atom. The van der Waals surface area contributed by atoms with Crippen LogP contribution in [0.5, 0.6) is 0 Å². The lowest BCUT2D eigenvalue weighted by Crippen LogP contribution is -2.30. The predicted molar refractivity (Wildman–Crippen MR) is 298 cm³/mol. The molecule has 0 aliphatic carbocycles. The molecule has 0 saturated heterocycles. The van der Waals surface area contributed by atoms with Gasteiger partial charge < -0.3 is 14.2 Å². The van der Waals surface area contributed by atoms with Crippen molar-refractivity contribution >= 4 is 17.9 Å². The van der Waals surface area contributed by atoms with Crippen molar-refractivity contribution in [2.24, 2.45) is 0 Å². The molecule has 0 spiro atoms. The molecule has 69 heavy (non-hydrogen) atoms. The van der Waals surface area contributed by atoms with Gasteiger partial charge in [0.2, 0.25) is 0 Å². The van der Waals surface area contributed by atoms with Crippen LogP contribution < -0.4 is 0 Å². The lowest BCUT2D eigenvalue weighted by atomic mass is 10.1. The molecule has 0 bridgehead atoms. The first-order valence-electron chi connectivity index (χ1n) is 29.4. The van der Waals surface area contributed by atoms with E-state index < -0.39 is 6.10 Å². The van der Waals surface area contributed by atoms with Gasteiger partial charge in [0.1, 0.15) is 13.2 Å². The van der Waals surface area contributed by atoms with Gasteiger partial charge in [-0.25, -0.2) is 0 Å². The minimum atomic E-state index is -0.796. The molecule has 0 radical (unpaired) electrons. The van der Waals surface area contributed by atoms with Crippen LogP contribution in [0.4, 0.5) is 0 Å². The average molecular weight is 964 g/mol. The fraction of sp³-hybridized carbons (Fsp3) is 0.762. The summed E-state index contributed by atoms with van der Waals surface area (Å²) in [5.74, 6) is -0.932. The minimum Gasteiger partial charge on any atom is -0.462 e. The number of hydrogen-bond acceptors (Lipinski definition) is 6. The Bertz CT molecular complexity index is 1290. The van der Waals surface area contributed by atoms with Crippen molar-refractivity contribution in [2.75, 3.05) is 13.2 Å². The maximum Gasteiger partial charge on any atom is 0.306 e. The van der Waals surface area contributed by atoms with Crippen molar-refractivity contribution in [1.29, 1.82) is 0 Å². The standard InChI is InChI=1S/C63H110O6/c1-4-7-10-13-16-19-22-25-28-30-31-33-36-39-42-45-48-51-54-57-63(66)69-60(58-67-61(64)55-52-49-46-43-40-37-34-27-24-21-18-15-12-9-6-3)59-68-62(65)56-53-50-47-44-41-38-35-32-29-26-23-20-17-14-11-8-5-2/h17-18,20-21,25-29,34,40,43,60H,4-16,19,22-24,30-33,35-39,41-42,44-59H2,1-3H3/b20-17-,21-18-,28-25-,29-26-,34-27-,43-40-/t60-/m0/s1. The summed E-state index contributed by atoms with van der Waals surface area (Å²) in [5, 5.41) is 0. The van der Waals surface area contributed by atoms with Crippen molar-refractivity contribution in [3.63, 3.8) is 0 Å². The molecule has 0 amide bonds. The third-order valence-corrected chi connectivity index (χ3v) is 12.7. The fourth-order valence-corrected chi connectivity index (χ4v) is 8.18. The summed E-state index contributed by atoms with van der Waals surface area (Å²) in [5.41, 5.74) is 0. The molecular formula is C63H110O6. The van der Waals surface area contributed by atoms with Crippen LogP contribution in [0.1, 0.15) is 290 Å². The number of carbonyl (C=O) groups is 3. The zero-order valence-corrected chi connectivity index (χ0v) is 45.6. The summed E-state index contributed by atoms with van der Waals surface area (Å²) in [6.45, 7) is 6.56. The van der Waals surface area contributed by atoms with Crippen LogP contribution in [0.2, 0.25) is 0 Å². The first-order valence-corrected chi connectivity index (χ1v) is 29.4. The van der Waals surface area contributed by atoms with Crippen molar-refractivity contribution in [1.82, 2.24) is 0 Å². The Morgan fingerprint density at radius 2 is 0.522 bits per heavy atom. The van der Waals surface area contributed by atoms with Gasteiger partial charge in [-0.2, -0.15) is 0 Å². The molecule has 6 heteroatoms. The van der Waals surface area contributed by atoms with E-state index in [1.165, 1.54) is 167 Å². The zero-order valence-electron chi connectivity index (χ0n) is 45.6. The van der Waals surface area contributed by atoms with E-state index in [2.05, 4.69) is 93.7 Å². The maximum atomic E-state index is 12.9. The summed E-state index contributed by atoms with van der Waals surface area (Å²) in [7, 11) is 0. The molecule has 0 unspecified atom stereocenters. The summed E-state index contributed by atoms with van der Waals surface area (Å²) in [6, 6.07) is 0. The van der Waals surface area contributed by atoms with Crippen LogP contribution in [0, 0.1) is 0 Å². The van der Waals surface area contributed by atoms with E-state index in [1.54, 1.807) is 0 Å². The van der Waals surface area contributed by atoms with E-state index in [1.807, 2.05) is 0 Å². The molecule has 0 heterocycles. The summed E-state index contributed by atoms with van der Waals surface area (Å²) in [6.07, 6.45) is 73.2. The average Bonchev–Trinajstić information content (AvgIpc) is 3.35. The molecule has 0 aromatic rings.